The Morgan fingerprint density at radius 3 is 2.84 bits per heavy atom. The summed E-state index contributed by atoms with van der Waals surface area (Å²) >= 11 is 0. The molecule has 0 unspecified atom stereocenters. The van der Waals surface area contributed by atoms with E-state index in [2.05, 4.69) is 26.6 Å². The van der Waals surface area contributed by atoms with Crippen molar-refractivity contribution in [1.82, 2.24) is 20.5 Å². The third-order valence-corrected chi connectivity index (χ3v) is 4.42. The number of benzene rings is 1. The lowest BCUT2D eigenvalue weighted by molar-refractivity contribution is 0.0951. The van der Waals surface area contributed by atoms with Gasteiger partial charge in [0.2, 0.25) is 0 Å². The zero-order chi connectivity index (χ0) is 17.8. The van der Waals surface area contributed by atoms with Gasteiger partial charge >= 0.3 is 6.01 Å². The number of carbonyl (C=O) groups is 1. The normalized spacial score (nSPS) is 13.7. The van der Waals surface area contributed by atoms with E-state index in [9.17, 15) is 9.18 Å². The maximum atomic E-state index is 12.5. The van der Waals surface area contributed by atoms with Crippen molar-refractivity contribution in [2.45, 2.75) is 38.5 Å². The van der Waals surface area contributed by atoms with Crippen LogP contribution in [0.5, 0.6) is 6.01 Å². The van der Waals surface area contributed by atoms with Gasteiger partial charge in [-0.25, -0.2) is 0 Å². The van der Waals surface area contributed by atoms with Gasteiger partial charge in [-0.2, -0.15) is 4.98 Å². The number of alkyl halides is 1. The standard InChI is InChI=1S/C18H23FN4O2/c1-3-11-9-13(12-5-6-12)15(16-21-18(25-2)23-22-16)10-14(11)17(24)20-8-4-7-19/h9-10,12H,3-8H2,1-2H3,(H,20,24)(H,21,22,23). The largest absolute Gasteiger partial charge is 0.466 e. The van der Waals surface area contributed by atoms with Crippen molar-refractivity contribution in [1.29, 1.82) is 0 Å². The number of nitrogens with one attached hydrogen (secondary N) is 2. The van der Waals surface area contributed by atoms with Crippen LogP contribution < -0.4 is 10.1 Å². The number of nitrogens with zero attached hydrogens (tertiary/aromatic N) is 2. The van der Waals surface area contributed by atoms with E-state index in [1.165, 1.54) is 12.7 Å². The predicted octanol–water partition coefficient (Wildman–Crippen LogP) is 3.01. The van der Waals surface area contributed by atoms with E-state index in [-0.39, 0.29) is 11.9 Å². The maximum Gasteiger partial charge on any atom is 0.335 e. The number of halogens is 1. The minimum Gasteiger partial charge on any atom is -0.466 e. The van der Waals surface area contributed by atoms with Crippen molar-refractivity contribution < 1.29 is 13.9 Å². The molecule has 1 heterocycles. The maximum absolute atomic E-state index is 12.5. The minimum atomic E-state index is -0.440. The average molecular weight is 346 g/mol. The molecule has 1 aliphatic rings. The summed E-state index contributed by atoms with van der Waals surface area (Å²) in [5, 5.41) is 9.68. The summed E-state index contributed by atoms with van der Waals surface area (Å²) in [6, 6.07) is 4.24. The first kappa shape index (κ1) is 17.4. The van der Waals surface area contributed by atoms with Gasteiger partial charge in [-0.15, -0.1) is 5.10 Å². The summed E-state index contributed by atoms with van der Waals surface area (Å²) in [7, 11) is 1.51. The Kier molecular flexibility index (Phi) is 5.31. The smallest absolute Gasteiger partial charge is 0.335 e. The minimum absolute atomic E-state index is 0.180. The molecule has 0 bridgehead atoms. The fourth-order valence-corrected chi connectivity index (χ4v) is 2.93. The molecule has 1 aromatic heterocycles. The first-order chi connectivity index (χ1) is 12.2. The fraction of sp³-hybridized carbons (Fsp3) is 0.500. The molecule has 0 spiro atoms. The molecule has 7 heteroatoms. The van der Waals surface area contributed by atoms with Crippen molar-refractivity contribution in [3.05, 3.63) is 28.8 Å². The molecule has 3 rings (SSSR count). The van der Waals surface area contributed by atoms with E-state index in [4.69, 9.17) is 4.74 Å². The molecule has 2 aromatic rings. The second kappa shape index (κ2) is 7.63. The molecule has 25 heavy (non-hydrogen) atoms. The Hall–Kier alpha value is -2.44. The molecular weight excluding hydrogens is 323 g/mol. The van der Waals surface area contributed by atoms with Gasteiger partial charge in [-0.3, -0.25) is 14.3 Å². The topological polar surface area (TPSA) is 79.9 Å². The van der Waals surface area contributed by atoms with Gasteiger partial charge in [0.15, 0.2) is 5.82 Å². The second-order valence-electron chi connectivity index (χ2n) is 6.19. The van der Waals surface area contributed by atoms with Crippen LogP contribution in [0.1, 0.15) is 53.6 Å². The van der Waals surface area contributed by atoms with Crippen molar-refractivity contribution in [3.63, 3.8) is 0 Å². The van der Waals surface area contributed by atoms with E-state index >= 15 is 0 Å². The van der Waals surface area contributed by atoms with Crippen molar-refractivity contribution in [2.24, 2.45) is 0 Å². The van der Waals surface area contributed by atoms with Crippen LogP contribution >= 0.6 is 0 Å². The highest BCUT2D eigenvalue weighted by atomic mass is 19.1. The molecule has 0 saturated heterocycles. The average Bonchev–Trinajstić information content (AvgIpc) is 3.37. The zero-order valence-corrected chi connectivity index (χ0v) is 14.6. The highest BCUT2D eigenvalue weighted by molar-refractivity contribution is 5.97. The number of aromatic nitrogens is 3. The van der Waals surface area contributed by atoms with E-state index in [0.717, 1.165) is 30.4 Å². The number of carbonyl (C=O) groups excluding carboxylic acids is 1. The summed E-state index contributed by atoms with van der Waals surface area (Å²) in [4.78, 5) is 16.9. The molecule has 0 aliphatic heterocycles. The number of ether oxygens (including phenoxy) is 1. The lowest BCUT2D eigenvalue weighted by Gasteiger charge is -2.14. The van der Waals surface area contributed by atoms with E-state index in [1.54, 1.807) is 0 Å². The van der Waals surface area contributed by atoms with Crippen LogP contribution in [-0.4, -0.2) is 41.4 Å². The van der Waals surface area contributed by atoms with Crippen molar-refractivity contribution >= 4 is 5.91 Å². The Morgan fingerprint density at radius 1 is 1.44 bits per heavy atom. The molecule has 1 aromatic carbocycles. The first-order valence-corrected chi connectivity index (χ1v) is 8.65. The number of amides is 1. The number of hydrogen-bond donors (Lipinski definition) is 2. The molecule has 1 saturated carbocycles. The van der Waals surface area contributed by atoms with Crippen molar-refractivity contribution in [2.75, 3.05) is 20.3 Å². The van der Waals surface area contributed by atoms with Gasteiger partial charge in [0.25, 0.3) is 5.91 Å². The molecule has 1 fully saturated rings. The number of H-pyrrole nitrogens is 1. The van der Waals surface area contributed by atoms with Crippen LogP contribution in [0.25, 0.3) is 11.4 Å². The molecular formula is C18H23FN4O2. The van der Waals surface area contributed by atoms with E-state index < -0.39 is 6.67 Å². The van der Waals surface area contributed by atoms with Gasteiger partial charge in [0.1, 0.15) is 0 Å². The van der Waals surface area contributed by atoms with Crippen LogP contribution in [0.2, 0.25) is 0 Å². The van der Waals surface area contributed by atoms with Crippen LogP contribution in [-0.2, 0) is 6.42 Å². The van der Waals surface area contributed by atoms with E-state index in [1.807, 2.05) is 13.0 Å². The lowest BCUT2D eigenvalue weighted by Crippen LogP contribution is -2.26. The summed E-state index contributed by atoms with van der Waals surface area (Å²) in [5.41, 5.74) is 3.67. The number of methoxy groups -OCH3 is 1. The second-order valence-corrected chi connectivity index (χ2v) is 6.19. The zero-order valence-electron chi connectivity index (χ0n) is 14.6. The molecule has 2 N–H and O–H groups in total. The number of aryl methyl sites for hydroxylation is 1. The van der Waals surface area contributed by atoms with E-state index in [0.29, 0.717) is 30.3 Å². The van der Waals surface area contributed by atoms with Gasteiger partial charge in [-0.1, -0.05) is 13.0 Å². The number of hydrogen-bond acceptors (Lipinski definition) is 4. The summed E-state index contributed by atoms with van der Waals surface area (Å²) < 4.78 is 17.3. The molecule has 6 nitrogen and oxygen atoms in total. The summed E-state index contributed by atoms with van der Waals surface area (Å²) in [6.07, 6.45) is 3.36. The Labute approximate surface area is 146 Å². The third-order valence-electron chi connectivity index (χ3n) is 4.42. The number of aromatic amines is 1. The summed E-state index contributed by atoms with van der Waals surface area (Å²) in [5.74, 6) is 0.916. The predicted molar refractivity (Wildman–Crippen MR) is 92.6 cm³/mol. The van der Waals surface area contributed by atoms with Gasteiger partial charge in [0, 0.05) is 17.7 Å². The van der Waals surface area contributed by atoms with Crippen molar-refractivity contribution in [3.8, 4) is 17.4 Å². The van der Waals surface area contributed by atoms with Crippen LogP contribution in [0.15, 0.2) is 12.1 Å². The molecule has 1 amide bonds. The highest BCUT2D eigenvalue weighted by Gasteiger charge is 2.29. The lowest BCUT2D eigenvalue weighted by atomic mass is 9.93. The first-order valence-electron chi connectivity index (χ1n) is 8.65. The summed E-state index contributed by atoms with van der Waals surface area (Å²) in [6.45, 7) is 1.92. The monoisotopic (exact) mass is 346 g/mol. The van der Waals surface area contributed by atoms with Crippen LogP contribution in [0, 0.1) is 0 Å². The quantitative estimate of drug-likeness (QED) is 0.720. The number of rotatable bonds is 8. The SMILES string of the molecule is CCc1cc(C2CC2)c(-c2nc(OC)n[nH]2)cc1C(=O)NCCCF. The molecule has 0 atom stereocenters. The molecule has 134 valence electrons. The molecule has 1 aliphatic carbocycles. The fourth-order valence-electron chi connectivity index (χ4n) is 2.93. The Bertz CT molecular complexity index is 756. The van der Waals surface area contributed by atoms with Gasteiger partial charge < -0.3 is 10.1 Å². The van der Waals surface area contributed by atoms with Crippen LogP contribution in [0.4, 0.5) is 4.39 Å². The van der Waals surface area contributed by atoms with Gasteiger partial charge in [-0.05, 0) is 48.8 Å². The Balaban J connectivity index is 2.00. The van der Waals surface area contributed by atoms with Gasteiger partial charge in [0.05, 0.1) is 13.8 Å². The van der Waals surface area contributed by atoms with Crippen LogP contribution in [0.3, 0.4) is 0 Å². The Morgan fingerprint density at radius 2 is 2.24 bits per heavy atom. The molecule has 0 radical (unpaired) electrons. The third kappa shape index (κ3) is 3.81. The highest BCUT2D eigenvalue weighted by Crippen LogP contribution is 2.45.